The molecular formula is C58H94O6. The molecule has 0 aliphatic carbocycles. The van der Waals surface area contributed by atoms with Crippen molar-refractivity contribution in [3.63, 3.8) is 0 Å². The summed E-state index contributed by atoms with van der Waals surface area (Å²) in [6, 6.07) is 0. The summed E-state index contributed by atoms with van der Waals surface area (Å²) in [6.45, 7) is 6.37. The summed E-state index contributed by atoms with van der Waals surface area (Å²) in [5, 5.41) is 0. The second-order valence-corrected chi connectivity index (χ2v) is 16.8. The molecular weight excluding hydrogens is 793 g/mol. The molecule has 0 heterocycles. The van der Waals surface area contributed by atoms with Gasteiger partial charge in [0.05, 0.1) is 0 Å². The molecule has 0 aliphatic heterocycles. The molecule has 0 aromatic carbocycles. The monoisotopic (exact) mass is 887 g/mol. The van der Waals surface area contributed by atoms with Crippen molar-refractivity contribution in [1.82, 2.24) is 0 Å². The van der Waals surface area contributed by atoms with Gasteiger partial charge >= 0.3 is 17.9 Å². The summed E-state index contributed by atoms with van der Waals surface area (Å²) in [4.78, 5) is 37.9. The number of rotatable bonds is 45. The van der Waals surface area contributed by atoms with Crippen LogP contribution in [0, 0.1) is 0 Å². The van der Waals surface area contributed by atoms with Crippen LogP contribution in [0.1, 0.15) is 220 Å². The van der Waals surface area contributed by atoms with Gasteiger partial charge in [0.2, 0.25) is 0 Å². The van der Waals surface area contributed by atoms with Crippen molar-refractivity contribution >= 4 is 17.9 Å². The van der Waals surface area contributed by atoms with Crippen LogP contribution in [0.5, 0.6) is 0 Å². The molecule has 0 bridgehead atoms. The Balaban J connectivity index is 4.55. The zero-order chi connectivity index (χ0) is 46.5. The van der Waals surface area contributed by atoms with E-state index in [0.29, 0.717) is 19.3 Å². The normalized spacial score (nSPS) is 13.0. The number of allylic oxidation sites excluding steroid dienone is 18. The van der Waals surface area contributed by atoms with Crippen LogP contribution in [0.4, 0.5) is 0 Å². The molecule has 0 aromatic rings. The highest BCUT2D eigenvalue weighted by molar-refractivity contribution is 5.71. The third kappa shape index (κ3) is 49.1. The Bertz CT molecular complexity index is 1340. The predicted octanol–water partition coefficient (Wildman–Crippen LogP) is 17.1. The van der Waals surface area contributed by atoms with Gasteiger partial charge in [-0.1, -0.05) is 226 Å². The van der Waals surface area contributed by atoms with E-state index in [1.165, 1.54) is 89.9 Å². The van der Waals surface area contributed by atoms with Gasteiger partial charge in [-0.3, -0.25) is 14.4 Å². The van der Waals surface area contributed by atoms with E-state index in [1.54, 1.807) is 0 Å². The average Bonchev–Trinajstić information content (AvgIpc) is 3.29. The maximum atomic E-state index is 12.8. The van der Waals surface area contributed by atoms with E-state index in [1.807, 2.05) is 54.7 Å². The van der Waals surface area contributed by atoms with Crippen molar-refractivity contribution in [2.24, 2.45) is 0 Å². The molecule has 362 valence electrons. The number of carbonyl (C=O) groups is 3. The lowest BCUT2D eigenvalue weighted by molar-refractivity contribution is -0.166. The Morgan fingerprint density at radius 3 is 1.20 bits per heavy atom. The molecule has 1 atom stereocenters. The summed E-state index contributed by atoms with van der Waals surface area (Å²) in [5.74, 6) is -1.05. The van der Waals surface area contributed by atoms with Gasteiger partial charge < -0.3 is 14.2 Å². The fraction of sp³-hybridized carbons (Fsp3) is 0.638. The van der Waals surface area contributed by atoms with E-state index in [4.69, 9.17) is 14.2 Å². The van der Waals surface area contributed by atoms with Gasteiger partial charge in [0.25, 0.3) is 0 Å². The molecule has 0 saturated carbocycles. The number of unbranched alkanes of at least 4 members (excludes halogenated alkanes) is 21. The Hall–Kier alpha value is -3.93. The smallest absolute Gasteiger partial charge is 0.306 e. The number of hydrogen-bond acceptors (Lipinski definition) is 6. The van der Waals surface area contributed by atoms with Gasteiger partial charge in [-0.2, -0.15) is 0 Å². The fourth-order valence-electron chi connectivity index (χ4n) is 6.74. The first-order chi connectivity index (χ1) is 31.5. The molecule has 0 amide bonds. The standard InChI is InChI=1S/C58H94O6/c1-4-7-10-13-16-19-22-25-27-28-29-31-33-36-39-42-45-48-51-57(60)63-54-55(53-62-56(59)50-47-44-41-38-35-32-24-21-18-15-12-9-6-3)64-58(61)52-49-46-43-40-37-34-30-26-23-20-17-14-11-8-5-2/h8,11,14,17,20,23,26-32,34-35,37,41,44,55H,4-7,9-10,12-13,15-16,18-19,21-22,24-25,33,36,38-40,42-43,45-54H2,1-3H3/b11-8-,17-14-,23-20-,28-27-,30-26-,31-29-,35-32-,37-34-,44-41-. The van der Waals surface area contributed by atoms with E-state index in [0.717, 1.165) is 77.0 Å². The zero-order valence-corrected chi connectivity index (χ0v) is 41.3. The summed E-state index contributed by atoms with van der Waals surface area (Å²) in [6.07, 6.45) is 69.4. The van der Waals surface area contributed by atoms with Gasteiger partial charge in [-0.15, -0.1) is 0 Å². The third-order valence-corrected chi connectivity index (χ3v) is 10.7. The van der Waals surface area contributed by atoms with Crippen LogP contribution in [-0.4, -0.2) is 37.2 Å². The molecule has 0 rings (SSSR count). The van der Waals surface area contributed by atoms with E-state index in [-0.39, 0.29) is 44.0 Å². The fourth-order valence-corrected chi connectivity index (χ4v) is 6.74. The van der Waals surface area contributed by atoms with Gasteiger partial charge in [0.15, 0.2) is 6.10 Å². The van der Waals surface area contributed by atoms with Crippen LogP contribution in [0.15, 0.2) is 109 Å². The van der Waals surface area contributed by atoms with Gasteiger partial charge in [0.1, 0.15) is 13.2 Å². The van der Waals surface area contributed by atoms with Crippen molar-refractivity contribution < 1.29 is 28.6 Å². The maximum absolute atomic E-state index is 12.8. The van der Waals surface area contributed by atoms with E-state index >= 15 is 0 Å². The first-order valence-electron chi connectivity index (χ1n) is 26.0. The molecule has 0 saturated heterocycles. The third-order valence-electron chi connectivity index (χ3n) is 10.7. The van der Waals surface area contributed by atoms with Crippen LogP contribution >= 0.6 is 0 Å². The second kappa shape index (κ2) is 51.7. The number of esters is 3. The highest BCUT2D eigenvalue weighted by atomic mass is 16.6. The SMILES string of the molecule is CC\C=C/C=C\C=C/C=C\C=C/CCCCCC(=O)OC(COC(=O)CC/C=C\C/C=C\CCCCCCCC)COC(=O)CCCCCCC/C=C\C=C/CCCCCCCCC. The highest BCUT2D eigenvalue weighted by Gasteiger charge is 2.19. The Morgan fingerprint density at radius 2 is 0.703 bits per heavy atom. The molecule has 6 nitrogen and oxygen atoms in total. The molecule has 0 aliphatic rings. The Kier molecular flexibility index (Phi) is 48.5. The minimum Gasteiger partial charge on any atom is -0.462 e. The average molecular weight is 887 g/mol. The summed E-state index contributed by atoms with van der Waals surface area (Å²) >= 11 is 0. The number of carbonyl (C=O) groups excluding carboxylic acids is 3. The highest BCUT2D eigenvalue weighted by Crippen LogP contribution is 2.12. The Labute approximate surface area is 393 Å². The van der Waals surface area contributed by atoms with Crippen LogP contribution in [-0.2, 0) is 28.6 Å². The number of ether oxygens (including phenoxy) is 3. The first kappa shape index (κ1) is 60.1. The van der Waals surface area contributed by atoms with Crippen LogP contribution < -0.4 is 0 Å². The maximum Gasteiger partial charge on any atom is 0.306 e. The molecule has 0 radical (unpaired) electrons. The van der Waals surface area contributed by atoms with Crippen molar-refractivity contribution in [1.29, 1.82) is 0 Å². The molecule has 1 unspecified atom stereocenters. The zero-order valence-electron chi connectivity index (χ0n) is 41.3. The predicted molar refractivity (Wildman–Crippen MR) is 274 cm³/mol. The van der Waals surface area contributed by atoms with E-state index < -0.39 is 6.10 Å². The van der Waals surface area contributed by atoms with Gasteiger partial charge in [0, 0.05) is 19.3 Å². The van der Waals surface area contributed by atoms with Crippen LogP contribution in [0.2, 0.25) is 0 Å². The lowest BCUT2D eigenvalue weighted by Gasteiger charge is -2.18. The minimum atomic E-state index is -0.831. The van der Waals surface area contributed by atoms with Crippen LogP contribution in [0.3, 0.4) is 0 Å². The van der Waals surface area contributed by atoms with Crippen molar-refractivity contribution in [2.45, 2.75) is 226 Å². The minimum absolute atomic E-state index is 0.123. The second-order valence-electron chi connectivity index (χ2n) is 16.8. The van der Waals surface area contributed by atoms with Crippen LogP contribution in [0.25, 0.3) is 0 Å². The molecule has 0 fully saturated rings. The molecule has 0 aromatic heterocycles. The van der Waals surface area contributed by atoms with Crippen molar-refractivity contribution in [3.05, 3.63) is 109 Å². The summed E-state index contributed by atoms with van der Waals surface area (Å²) < 4.78 is 16.7. The summed E-state index contributed by atoms with van der Waals surface area (Å²) in [7, 11) is 0. The van der Waals surface area contributed by atoms with E-state index in [2.05, 4.69) is 75.5 Å². The molecule has 0 N–H and O–H groups in total. The Morgan fingerprint density at radius 1 is 0.344 bits per heavy atom. The van der Waals surface area contributed by atoms with Crippen molar-refractivity contribution in [3.8, 4) is 0 Å². The quantitative estimate of drug-likeness (QED) is 0.0199. The molecule has 6 heteroatoms. The lowest BCUT2D eigenvalue weighted by Crippen LogP contribution is -2.30. The van der Waals surface area contributed by atoms with E-state index in [9.17, 15) is 14.4 Å². The van der Waals surface area contributed by atoms with Gasteiger partial charge in [-0.05, 0) is 83.5 Å². The largest absolute Gasteiger partial charge is 0.462 e. The van der Waals surface area contributed by atoms with Gasteiger partial charge in [-0.25, -0.2) is 0 Å². The topological polar surface area (TPSA) is 78.9 Å². The molecule has 0 spiro atoms. The first-order valence-corrected chi connectivity index (χ1v) is 26.0. The number of hydrogen-bond donors (Lipinski definition) is 0. The lowest BCUT2D eigenvalue weighted by atomic mass is 10.1. The summed E-state index contributed by atoms with van der Waals surface area (Å²) in [5.41, 5.74) is 0. The van der Waals surface area contributed by atoms with Crippen molar-refractivity contribution in [2.75, 3.05) is 13.2 Å². The molecule has 64 heavy (non-hydrogen) atoms.